The third-order valence-corrected chi connectivity index (χ3v) is 4.20. The average molecular weight is 332 g/mol. The molecule has 2 aromatic carbocycles. The fourth-order valence-electron chi connectivity index (χ4n) is 2.82. The second-order valence-electron chi connectivity index (χ2n) is 5.98. The largest absolute Gasteiger partial charge is 0.494 e. The molecule has 0 aliphatic rings. The number of rotatable bonds is 7. The SMILES string of the molecule is CCOc1ccccc1CNCc1cc(-c2ccccc2)cnc1C. The Bertz CT molecular complexity index is 815. The Hall–Kier alpha value is -2.65. The lowest BCUT2D eigenvalue weighted by Crippen LogP contribution is -2.15. The molecule has 0 radical (unpaired) electrons. The zero-order valence-electron chi connectivity index (χ0n) is 14.8. The number of nitrogens with one attached hydrogen (secondary N) is 1. The van der Waals surface area contributed by atoms with Crippen LogP contribution >= 0.6 is 0 Å². The van der Waals surface area contributed by atoms with Crippen LogP contribution in [0.15, 0.2) is 66.9 Å². The quantitative estimate of drug-likeness (QED) is 0.678. The van der Waals surface area contributed by atoms with Crippen LogP contribution in [0, 0.1) is 6.92 Å². The van der Waals surface area contributed by atoms with Gasteiger partial charge in [0, 0.05) is 36.1 Å². The summed E-state index contributed by atoms with van der Waals surface area (Å²) >= 11 is 0. The highest BCUT2D eigenvalue weighted by Gasteiger charge is 2.06. The molecule has 0 aliphatic heterocycles. The van der Waals surface area contributed by atoms with E-state index in [0.29, 0.717) is 6.61 Å². The minimum absolute atomic E-state index is 0.680. The summed E-state index contributed by atoms with van der Waals surface area (Å²) in [6, 6.07) is 20.8. The van der Waals surface area contributed by atoms with Crippen LogP contribution < -0.4 is 10.1 Å². The molecule has 3 nitrogen and oxygen atoms in total. The van der Waals surface area contributed by atoms with Gasteiger partial charge in [0.25, 0.3) is 0 Å². The first-order valence-electron chi connectivity index (χ1n) is 8.70. The van der Waals surface area contributed by atoms with Gasteiger partial charge in [-0.2, -0.15) is 0 Å². The number of ether oxygens (including phenoxy) is 1. The fraction of sp³-hybridized carbons (Fsp3) is 0.227. The molecule has 0 aliphatic carbocycles. The molecule has 25 heavy (non-hydrogen) atoms. The van der Waals surface area contributed by atoms with Crippen molar-refractivity contribution in [3.8, 4) is 16.9 Å². The van der Waals surface area contributed by atoms with Gasteiger partial charge < -0.3 is 10.1 Å². The molecule has 3 aromatic rings. The van der Waals surface area contributed by atoms with E-state index in [9.17, 15) is 0 Å². The van der Waals surface area contributed by atoms with Gasteiger partial charge in [0.05, 0.1) is 6.61 Å². The standard InChI is InChI=1S/C22H24N2O/c1-3-25-22-12-8-7-11-19(22)14-23-15-20-13-21(16-24-17(20)2)18-9-5-4-6-10-18/h4-13,16,23H,3,14-15H2,1-2H3. The number of aryl methyl sites for hydroxylation is 1. The van der Waals surface area contributed by atoms with Crippen LogP contribution in [-0.2, 0) is 13.1 Å². The Morgan fingerprint density at radius 3 is 2.40 bits per heavy atom. The molecule has 0 bridgehead atoms. The maximum Gasteiger partial charge on any atom is 0.123 e. The van der Waals surface area contributed by atoms with Gasteiger partial charge in [0.15, 0.2) is 0 Å². The van der Waals surface area contributed by atoms with E-state index in [4.69, 9.17) is 4.74 Å². The molecule has 128 valence electrons. The van der Waals surface area contributed by atoms with E-state index >= 15 is 0 Å². The molecule has 3 heteroatoms. The number of hydrogen-bond donors (Lipinski definition) is 1. The van der Waals surface area contributed by atoms with Crippen LogP contribution in [0.1, 0.15) is 23.7 Å². The van der Waals surface area contributed by atoms with E-state index in [0.717, 1.165) is 30.1 Å². The summed E-state index contributed by atoms with van der Waals surface area (Å²) in [4.78, 5) is 4.56. The van der Waals surface area contributed by atoms with Crippen LogP contribution in [0.5, 0.6) is 5.75 Å². The van der Waals surface area contributed by atoms with Crippen LogP contribution in [-0.4, -0.2) is 11.6 Å². The highest BCUT2D eigenvalue weighted by atomic mass is 16.5. The number of hydrogen-bond acceptors (Lipinski definition) is 3. The third kappa shape index (κ3) is 4.46. The first-order chi connectivity index (χ1) is 12.3. The summed E-state index contributed by atoms with van der Waals surface area (Å²) in [5.41, 5.74) is 5.80. The highest BCUT2D eigenvalue weighted by Crippen LogP contribution is 2.21. The number of nitrogens with zero attached hydrogens (tertiary/aromatic N) is 1. The van der Waals surface area contributed by atoms with Gasteiger partial charge in [0.1, 0.15) is 5.75 Å². The van der Waals surface area contributed by atoms with Crippen LogP contribution in [0.25, 0.3) is 11.1 Å². The average Bonchev–Trinajstić information content (AvgIpc) is 2.65. The summed E-state index contributed by atoms with van der Waals surface area (Å²) in [5.74, 6) is 0.949. The summed E-state index contributed by atoms with van der Waals surface area (Å²) in [7, 11) is 0. The van der Waals surface area contributed by atoms with Gasteiger partial charge in [-0.1, -0.05) is 48.5 Å². The summed E-state index contributed by atoms with van der Waals surface area (Å²) in [6.45, 7) is 6.29. The molecule has 0 saturated carbocycles. The van der Waals surface area contributed by atoms with Crippen LogP contribution in [0.3, 0.4) is 0 Å². The number of aromatic nitrogens is 1. The van der Waals surface area contributed by atoms with Crippen LogP contribution in [0.2, 0.25) is 0 Å². The Labute approximate surface area is 149 Å². The van der Waals surface area contributed by atoms with Gasteiger partial charge in [0.2, 0.25) is 0 Å². The maximum atomic E-state index is 5.69. The van der Waals surface area contributed by atoms with E-state index in [2.05, 4.69) is 53.6 Å². The highest BCUT2D eigenvalue weighted by molar-refractivity contribution is 5.63. The number of benzene rings is 2. The van der Waals surface area contributed by atoms with Gasteiger partial charge >= 0.3 is 0 Å². The van der Waals surface area contributed by atoms with Crippen molar-refractivity contribution >= 4 is 0 Å². The molecule has 0 spiro atoms. The smallest absolute Gasteiger partial charge is 0.123 e. The summed E-state index contributed by atoms with van der Waals surface area (Å²) < 4.78 is 5.69. The van der Waals surface area contributed by atoms with Gasteiger partial charge in [-0.05, 0) is 37.1 Å². The Kier molecular flexibility index (Phi) is 5.81. The van der Waals surface area contributed by atoms with Gasteiger partial charge in [-0.25, -0.2) is 0 Å². The fourth-order valence-corrected chi connectivity index (χ4v) is 2.82. The molecule has 1 N–H and O–H groups in total. The first kappa shape index (κ1) is 17.2. The van der Waals surface area contributed by atoms with E-state index in [1.165, 1.54) is 16.7 Å². The Morgan fingerprint density at radius 1 is 0.880 bits per heavy atom. The minimum atomic E-state index is 0.680. The van der Waals surface area contributed by atoms with E-state index in [1.807, 2.05) is 37.4 Å². The molecule has 3 rings (SSSR count). The lowest BCUT2D eigenvalue weighted by Gasteiger charge is -2.12. The van der Waals surface area contributed by atoms with Gasteiger partial charge in [-0.3, -0.25) is 4.98 Å². The van der Waals surface area contributed by atoms with E-state index in [-0.39, 0.29) is 0 Å². The van der Waals surface area contributed by atoms with Gasteiger partial charge in [-0.15, -0.1) is 0 Å². The third-order valence-electron chi connectivity index (χ3n) is 4.20. The lowest BCUT2D eigenvalue weighted by atomic mass is 10.0. The van der Waals surface area contributed by atoms with Crippen molar-refractivity contribution in [3.63, 3.8) is 0 Å². The maximum absolute atomic E-state index is 5.69. The number of pyridine rings is 1. The van der Waals surface area contributed by atoms with Crippen molar-refractivity contribution in [2.45, 2.75) is 26.9 Å². The first-order valence-corrected chi connectivity index (χ1v) is 8.70. The zero-order chi connectivity index (χ0) is 17.5. The molecule has 1 aromatic heterocycles. The molecule has 0 fully saturated rings. The van der Waals surface area contributed by atoms with Crippen molar-refractivity contribution in [3.05, 3.63) is 83.7 Å². The van der Waals surface area contributed by atoms with E-state index in [1.54, 1.807) is 0 Å². The molecule has 0 amide bonds. The summed E-state index contributed by atoms with van der Waals surface area (Å²) in [6.07, 6.45) is 1.94. The molecule has 0 unspecified atom stereocenters. The predicted octanol–water partition coefficient (Wildman–Crippen LogP) is 4.75. The summed E-state index contributed by atoms with van der Waals surface area (Å²) in [5, 5.41) is 3.52. The number of para-hydroxylation sites is 1. The topological polar surface area (TPSA) is 34.1 Å². The van der Waals surface area contributed by atoms with Crippen LogP contribution in [0.4, 0.5) is 0 Å². The molecule has 0 saturated heterocycles. The van der Waals surface area contributed by atoms with Crippen molar-refractivity contribution in [2.24, 2.45) is 0 Å². The van der Waals surface area contributed by atoms with Crippen molar-refractivity contribution < 1.29 is 4.74 Å². The predicted molar refractivity (Wildman–Crippen MR) is 103 cm³/mol. The minimum Gasteiger partial charge on any atom is -0.494 e. The Balaban J connectivity index is 1.69. The monoisotopic (exact) mass is 332 g/mol. The second-order valence-corrected chi connectivity index (χ2v) is 5.98. The molecular formula is C22H24N2O. The van der Waals surface area contributed by atoms with Crippen molar-refractivity contribution in [1.82, 2.24) is 10.3 Å². The molecular weight excluding hydrogens is 308 g/mol. The van der Waals surface area contributed by atoms with E-state index < -0.39 is 0 Å². The Morgan fingerprint density at radius 2 is 1.60 bits per heavy atom. The zero-order valence-corrected chi connectivity index (χ0v) is 14.8. The molecule has 1 heterocycles. The normalized spacial score (nSPS) is 10.6. The molecule has 0 atom stereocenters. The lowest BCUT2D eigenvalue weighted by molar-refractivity contribution is 0.335. The second kappa shape index (κ2) is 8.45. The van der Waals surface area contributed by atoms with Crippen molar-refractivity contribution in [2.75, 3.05) is 6.61 Å². The van der Waals surface area contributed by atoms with Crippen molar-refractivity contribution in [1.29, 1.82) is 0 Å².